The Morgan fingerprint density at radius 2 is 2.25 bits per heavy atom. The number of halogens is 1. The van der Waals surface area contributed by atoms with Gasteiger partial charge in [-0.25, -0.2) is 9.67 Å². The van der Waals surface area contributed by atoms with E-state index < -0.39 is 5.60 Å². The summed E-state index contributed by atoms with van der Waals surface area (Å²) in [4.78, 5) is 18.7. The molecule has 0 bridgehead atoms. The van der Waals surface area contributed by atoms with E-state index in [0.717, 1.165) is 0 Å². The summed E-state index contributed by atoms with van der Waals surface area (Å²) < 4.78 is 3.23. The Hall–Kier alpha value is -2.45. The molecule has 1 fully saturated rings. The van der Waals surface area contributed by atoms with Crippen molar-refractivity contribution >= 4 is 23.2 Å². The predicted octanol–water partition coefficient (Wildman–Crippen LogP) is 0.856. The van der Waals surface area contributed by atoms with Gasteiger partial charge in [0.05, 0.1) is 19.3 Å². The zero-order chi connectivity index (χ0) is 16.7. The molecule has 3 aromatic heterocycles. The van der Waals surface area contributed by atoms with Gasteiger partial charge in [0, 0.05) is 18.9 Å². The zero-order valence-corrected chi connectivity index (χ0v) is 13.5. The second-order valence-corrected chi connectivity index (χ2v) is 6.34. The van der Waals surface area contributed by atoms with Crippen molar-refractivity contribution in [1.29, 1.82) is 0 Å². The average Bonchev–Trinajstić information content (AvgIpc) is 3.25. The molecule has 24 heavy (non-hydrogen) atoms. The van der Waals surface area contributed by atoms with Crippen LogP contribution < -0.4 is 0 Å². The second-order valence-electron chi connectivity index (χ2n) is 5.98. The van der Waals surface area contributed by atoms with Gasteiger partial charge in [0.1, 0.15) is 11.2 Å². The number of hydrogen-bond acceptors (Lipinski definition) is 5. The summed E-state index contributed by atoms with van der Waals surface area (Å²) in [5.41, 5.74) is -0.101. The molecule has 1 N–H and O–H groups in total. The van der Waals surface area contributed by atoms with Gasteiger partial charge in [-0.3, -0.25) is 9.20 Å². The third-order valence-corrected chi connectivity index (χ3v) is 4.50. The highest BCUT2D eigenvalue weighted by atomic mass is 35.5. The third kappa shape index (κ3) is 2.53. The van der Waals surface area contributed by atoms with Crippen LogP contribution in [0.25, 0.3) is 5.65 Å². The molecule has 0 spiro atoms. The number of amides is 1. The number of nitrogens with zero attached hydrogens (tertiary/aromatic N) is 6. The molecule has 1 atom stereocenters. The maximum Gasteiger partial charge on any atom is 0.274 e. The van der Waals surface area contributed by atoms with Crippen LogP contribution in [0.4, 0.5) is 0 Å². The summed E-state index contributed by atoms with van der Waals surface area (Å²) in [6.07, 6.45) is 5.45. The zero-order valence-electron chi connectivity index (χ0n) is 12.7. The minimum Gasteiger partial charge on any atom is -0.386 e. The summed E-state index contributed by atoms with van der Waals surface area (Å²) >= 11 is 6.16. The van der Waals surface area contributed by atoms with Crippen LogP contribution in [0.5, 0.6) is 0 Å². The summed E-state index contributed by atoms with van der Waals surface area (Å²) in [5, 5.41) is 18.5. The molecule has 0 aliphatic carbocycles. The van der Waals surface area contributed by atoms with Gasteiger partial charge in [-0.15, -0.1) is 5.10 Å². The van der Waals surface area contributed by atoms with Crippen molar-refractivity contribution in [3.8, 4) is 0 Å². The molecule has 1 aliphatic heterocycles. The van der Waals surface area contributed by atoms with Gasteiger partial charge in [-0.05, 0) is 18.6 Å². The predicted molar refractivity (Wildman–Crippen MR) is 85.7 cm³/mol. The number of imidazole rings is 1. The van der Waals surface area contributed by atoms with Gasteiger partial charge >= 0.3 is 0 Å². The minimum atomic E-state index is -1.03. The first-order valence-corrected chi connectivity index (χ1v) is 7.92. The van der Waals surface area contributed by atoms with Crippen molar-refractivity contribution in [3.63, 3.8) is 0 Å². The summed E-state index contributed by atoms with van der Waals surface area (Å²) in [6.45, 7) is 0.945. The Bertz CT molecular complexity index is 893. The number of pyridine rings is 1. The summed E-state index contributed by atoms with van der Waals surface area (Å²) in [7, 11) is 0. The molecule has 4 heterocycles. The van der Waals surface area contributed by atoms with E-state index in [1.54, 1.807) is 38.6 Å². The Labute approximate surface area is 142 Å². The number of carbonyl (C=O) groups is 1. The molecule has 1 aliphatic rings. The highest BCUT2D eigenvalue weighted by Gasteiger charge is 2.40. The lowest BCUT2D eigenvalue weighted by atomic mass is 10.0. The van der Waals surface area contributed by atoms with Crippen molar-refractivity contribution < 1.29 is 9.90 Å². The van der Waals surface area contributed by atoms with Crippen molar-refractivity contribution in [2.45, 2.75) is 18.6 Å². The largest absolute Gasteiger partial charge is 0.386 e. The Balaban J connectivity index is 1.58. The molecule has 0 saturated carbocycles. The van der Waals surface area contributed by atoms with E-state index >= 15 is 0 Å². The summed E-state index contributed by atoms with van der Waals surface area (Å²) in [5.74, 6) is -0.242. The molecule has 3 aromatic rings. The highest BCUT2D eigenvalue weighted by molar-refractivity contribution is 6.32. The molecular weight excluding hydrogens is 332 g/mol. The van der Waals surface area contributed by atoms with E-state index in [2.05, 4.69) is 15.3 Å². The van der Waals surface area contributed by atoms with E-state index in [-0.39, 0.29) is 24.1 Å². The lowest BCUT2D eigenvalue weighted by molar-refractivity contribution is 0.0265. The Morgan fingerprint density at radius 1 is 1.38 bits per heavy atom. The quantitative estimate of drug-likeness (QED) is 0.759. The van der Waals surface area contributed by atoms with Crippen LogP contribution in [0.1, 0.15) is 16.9 Å². The van der Waals surface area contributed by atoms with Crippen LogP contribution in [0, 0.1) is 0 Å². The molecule has 124 valence electrons. The lowest BCUT2D eigenvalue weighted by Crippen LogP contribution is -2.39. The van der Waals surface area contributed by atoms with Gasteiger partial charge in [-0.1, -0.05) is 22.9 Å². The van der Waals surface area contributed by atoms with Crippen molar-refractivity contribution in [2.75, 3.05) is 13.1 Å². The molecule has 8 nitrogen and oxygen atoms in total. The first-order chi connectivity index (χ1) is 11.6. The van der Waals surface area contributed by atoms with Crippen LogP contribution in [-0.2, 0) is 6.54 Å². The normalized spacial score (nSPS) is 20.8. The van der Waals surface area contributed by atoms with E-state index in [1.807, 2.05) is 12.1 Å². The van der Waals surface area contributed by atoms with E-state index in [0.29, 0.717) is 24.3 Å². The van der Waals surface area contributed by atoms with E-state index in [1.165, 1.54) is 0 Å². The van der Waals surface area contributed by atoms with E-state index in [4.69, 9.17) is 11.6 Å². The topological polar surface area (TPSA) is 88.5 Å². The van der Waals surface area contributed by atoms with E-state index in [9.17, 15) is 9.90 Å². The number of likely N-dealkylation sites (tertiary alicyclic amines) is 1. The lowest BCUT2D eigenvalue weighted by Gasteiger charge is -2.23. The third-order valence-electron chi connectivity index (χ3n) is 4.24. The van der Waals surface area contributed by atoms with Gasteiger partial charge in [0.2, 0.25) is 0 Å². The maximum absolute atomic E-state index is 12.9. The average molecular weight is 347 g/mol. The maximum atomic E-state index is 12.9. The molecule has 0 radical (unpaired) electrons. The Kier molecular flexibility index (Phi) is 3.50. The standard InChI is InChI=1S/C15H15ClN6O2/c16-13-12(22-6-2-1-3-11(22)18-13)14(23)20-7-4-15(24,9-20)10-21-8-5-17-19-21/h1-3,5-6,8,24H,4,7,9-10H2. The summed E-state index contributed by atoms with van der Waals surface area (Å²) in [6, 6.07) is 5.43. The SMILES string of the molecule is O=C(c1c(Cl)nc2ccccn12)N1CCC(O)(Cn2ccnn2)C1. The van der Waals surface area contributed by atoms with Gasteiger partial charge < -0.3 is 10.0 Å². The second kappa shape index (κ2) is 5.57. The first kappa shape index (κ1) is 15.1. The first-order valence-electron chi connectivity index (χ1n) is 7.54. The number of hydrogen-bond donors (Lipinski definition) is 1. The molecule has 1 amide bonds. The number of β-amino-alcohol motifs (C(OH)–C–C–N with tert-alkyl or cyclic N) is 1. The molecule has 1 saturated heterocycles. The van der Waals surface area contributed by atoms with Gasteiger partial charge in [-0.2, -0.15) is 0 Å². The minimum absolute atomic E-state index is 0.165. The Morgan fingerprint density at radius 3 is 3.04 bits per heavy atom. The van der Waals surface area contributed by atoms with Crippen molar-refractivity contribution in [1.82, 2.24) is 29.3 Å². The number of fused-ring (bicyclic) bond motifs is 1. The monoisotopic (exact) mass is 346 g/mol. The van der Waals surface area contributed by atoms with Gasteiger partial charge in [0.15, 0.2) is 10.8 Å². The van der Waals surface area contributed by atoms with Crippen molar-refractivity contribution in [3.05, 3.63) is 47.6 Å². The number of carbonyl (C=O) groups excluding carboxylic acids is 1. The molecule has 1 unspecified atom stereocenters. The van der Waals surface area contributed by atoms with Crippen molar-refractivity contribution in [2.24, 2.45) is 0 Å². The fourth-order valence-corrected chi connectivity index (χ4v) is 3.34. The van der Waals surface area contributed by atoms with Crippen LogP contribution in [0.3, 0.4) is 0 Å². The number of aromatic nitrogens is 5. The van der Waals surface area contributed by atoms with Crippen LogP contribution in [0.2, 0.25) is 5.15 Å². The number of rotatable bonds is 3. The van der Waals surface area contributed by atoms with Crippen LogP contribution in [0.15, 0.2) is 36.8 Å². The molecule has 4 rings (SSSR count). The molecular formula is C15H15ClN6O2. The highest BCUT2D eigenvalue weighted by Crippen LogP contribution is 2.27. The molecule has 0 aromatic carbocycles. The van der Waals surface area contributed by atoms with Gasteiger partial charge in [0.25, 0.3) is 5.91 Å². The fraction of sp³-hybridized carbons (Fsp3) is 0.333. The molecule has 9 heteroatoms. The van der Waals surface area contributed by atoms with Crippen LogP contribution in [-0.4, -0.2) is 59.0 Å². The van der Waals surface area contributed by atoms with Crippen LogP contribution >= 0.6 is 11.6 Å². The smallest absolute Gasteiger partial charge is 0.274 e. The fourth-order valence-electron chi connectivity index (χ4n) is 3.09. The number of aliphatic hydroxyl groups is 1.